The Kier molecular flexibility index (Phi) is 20.4. The molecule has 0 radical (unpaired) electrons. The quantitative estimate of drug-likeness (QED) is 0.0319. The van der Waals surface area contributed by atoms with E-state index < -0.39 is 0 Å². The number of amides is 2. The molecular weight excluding hydrogens is 941 g/mol. The predicted molar refractivity (Wildman–Crippen MR) is 282 cm³/mol. The van der Waals surface area contributed by atoms with E-state index in [1.807, 2.05) is 58.2 Å². The molecule has 0 spiro atoms. The molecule has 0 bridgehead atoms. The summed E-state index contributed by atoms with van der Waals surface area (Å²) >= 11 is 1.47. The van der Waals surface area contributed by atoms with Crippen LogP contribution in [-0.2, 0) is 28.5 Å². The van der Waals surface area contributed by atoms with Crippen LogP contribution >= 0.6 is 11.3 Å². The van der Waals surface area contributed by atoms with E-state index in [9.17, 15) is 19.2 Å². The minimum Gasteiger partial charge on any atom is -0.383 e. The number of benzene rings is 1. The lowest BCUT2D eigenvalue weighted by Gasteiger charge is -2.35. The van der Waals surface area contributed by atoms with Crippen molar-refractivity contribution in [1.82, 2.24) is 34.7 Å². The Morgan fingerprint density at radius 1 is 0.792 bits per heavy atom. The highest BCUT2D eigenvalue weighted by atomic mass is 32.1. The van der Waals surface area contributed by atoms with Crippen molar-refractivity contribution in [2.24, 2.45) is 0 Å². The second-order valence-electron chi connectivity index (χ2n) is 17.9. The highest BCUT2D eigenvalue weighted by molar-refractivity contribution is 7.16. The molecule has 72 heavy (non-hydrogen) atoms. The van der Waals surface area contributed by atoms with Gasteiger partial charge >= 0.3 is 0 Å². The Morgan fingerprint density at radius 2 is 1.44 bits per heavy atom. The molecule has 1 saturated heterocycles. The molecule has 2 amide bonds. The van der Waals surface area contributed by atoms with E-state index >= 15 is 0 Å². The molecule has 0 atom stereocenters. The molecule has 1 saturated carbocycles. The zero-order valence-electron chi connectivity index (χ0n) is 42.2. The molecule has 1 aliphatic carbocycles. The molecule has 20 nitrogen and oxygen atoms in total. The van der Waals surface area contributed by atoms with Gasteiger partial charge < -0.3 is 44.5 Å². The fourth-order valence-corrected chi connectivity index (χ4v) is 9.53. The normalized spacial score (nSPS) is 14.2. The number of hydrogen-bond acceptors (Lipinski definition) is 18. The van der Waals surface area contributed by atoms with E-state index in [4.69, 9.17) is 28.7 Å². The minimum absolute atomic E-state index is 0.000465. The van der Waals surface area contributed by atoms with E-state index in [0.29, 0.717) is 125 Å². The molecule has 7 rings (SSSR count). The average Bonchev–Trinajstić information content (AvgIpc) is 4.01. The highest BCUT2D eigenvalue weighted by Gasteiger charge is 2.26. The number of thiazole rings is 1. The number of carbonyl (C=O) groups is 3. The van der Waals surface area contributed by atoms with Crippen molar-refractivity contribution in [3.8, 4) is 0 Å². The summed E-state index contributed by atoms with van der Waals surface area (Å²) in [6, 6.07) is 9.52. The SMILES string of the molecule is Bc1nc(NC(=O)c2ccc(NCCOCCOCCOCCOCCOCCNC(=O)CN3CCN(c4ccc(Nc5ncc6c(C)c(C(C)=O)c(=O)n(C7CCCC7)c6n5)nc4)CC3)cc2C)sc1C. The Hall–Kier alpha value is -5.88. The van der Waals surface area contributed by atoms with Crippen molar-refractivity contribution >= 4 is 81.7 Å². The number of nitrogens with one attached hydrogen (secondary N) is 4. The Balaban J connectivity index is 0.660. The zero-order valence-corrected chi connectivity index (χ0v) is 43.0. The number of anilines is 5. The van der Waals surface area contributed by atoms with Gasteiger partial charge in [0, 0.05) is 78.6 Å². The summed E-state index contributed by atoms with van der Waals surface area (Å²) in [5, 5.41) is 13.6. The number of ketones is 1. The fraction of sp³-hybridized carbons (Fsp3) is 0.520. The average molecular weight is 1010 g/mol. The van der Waals surface area contributed by atoms with Crippen molar-refractivity contribution in [1.29, 1.82) is 0 Å². The number of carbonyl (C=O) groups excluding carboxylic acids is 3. The lowest BCUT2D eigenvalue weighted by atomic mass is 10.0. The standard InChI is InChI=1S/C50H68BN11O9S/c1-33-29-37(9-11-40(33)47(65)59-50-57-45(51)36(4)72-50)52-13-19-67-21-23-69-25-27-71-28-26-70-24-22-68-20-14-53-43(64)32-60-15-17-61(18-16-60)39-10-12-42(54-30-39)56-49-55-31-41-34(2)44(35(3)63)48(66)62(46(41)58-49)38-7-5-6-8-38/h9-12,29-31,38,52H,5-8,13-28,32,51H2,1-4H3,(H,53,64)(H,57,59,65)(H,54,55,56,58). The van der Waals surface area contributed by atoms with Gasteiger partial charge in [-0.15, -0.1) is 11.3 Å². The molecule has 5 aromatic rings. The molecule has 1 aliphatic heterocycles. The summed E-state index contributed by atoms with van der Waals surface area (Å²) in [5.74, 6) is 0.437. The van der Waals surface area contributed by atoms with Gasteiger partial charge in [0.25, 0.3) is 11.5 Å². The van der Waals surface area contributed by atoms with E-state index in [1.54, 1.807) is 17.7 Å². The second kappa shape index (κ2) is 27.3. The van der Waals surface area contributed by atoms with E-state index in [1.165, 1.54) is 18.3 Å². The zero-order chi connectivity index (χ0) is 50.8. The van der Waals surface area contributed by atoms with Crippen LogP contribution in [-0.4, -0.2) is 167 Å². The number of pyridine rings is 2. The Morgan fingerprint density at radius 3 is 2.04 bits per heavy atom. The largest absolute Gasteiger partial charge is 0.383 e. The van der Waals surface area contributed by atoms with E-state index in [-0.39, 0.29) is 34.8 Å². The molecule has 1 aromatic carbocycles. The molecular formula is C50H68BN11O9S. The predicted octanol–water partition coefficient (Wildman–Crippen LogP) is 3.57. The van der Waals surface area contributed by atoms with Crippen molar-refractivity contribution in [2.45, 2.75) is 59.4 Å². The van der Waals surface area contributed by atoms with Gasteiger partial charge in [0.05, 0.1) is 90.1 Å². The molecule has 4 N–H and O–H groups in total. The maximum absolute atomic E-state index is 13.6. The van der Waals surface area contributed by atoms with Gasteiger partial charge in [0.2, 0.25) is 11.9 Å². The summed E-state index contributed by atoms with van der Waals surface area (Å²) in [6.45, 7) is 16.0. The van der Waals surface area contributed by atoms with Crippen LogP contribution < -0.4 is 37.3 Å². The Bertz CT molecular complexity index is 2640. The molecule has 4 aromatic heterocycles. The van der Waals surface area contributed by atoms with E-state index in [2.05, 4.69) is 46.0 Å². The number of rotatable bonds is 28. The molecule has 386 valence electrons. The molecule has 0 unspecified atom stereocenters. The number of aromatic nitrogens is 5. The summed E-state index contributed by atoms with van der Waals surface area (Å²) in [7, 11) is 1.93. The lowest BCUT2D eigenvalue weighted by molar-refractivity contribution is -0.122. The van der Waals surface area contributed by atoms with Gasteiger partial charge in [-0.3, -0.25) is 34.0 Å². The number of Topliss-reactive ketones (excluding diaryl/α,β-unsaturated/α-hetero) is 1. The van der Waals surface area contributed by atoms with Crippen LogP contribution in [0.3, 0.4) is 0 Å². The number of piperazine rings is 1. The van der Waals surface area contributed by atoms with Gasteiger partial charge in [-0.25, -0.2) is 15.0 Å². The first-order chi connectivity index (χ1) is 34.9. The maximum atomic E-state index is 13.6. The van der Waals surface area contributed by atoms with Gasteiger partial charge in [-0.2, -0.15) is 4.98 Å². The van der Waals surface area contributed by atoms with Crippen LogP contribution in [0.25, 0.3) is 11.0 Å². The minimum atomic E-state index is -0.283. The fourth-order valence-electron chi connectivity index (χ4n) is 8.72. The van der Waals surface area contributed by atoms with Crippen LogP contribution in [0.5, 0.6) is 0 Å². The van der Waals surface area contributed by atoms with Crippen molar-refractivity contribution in [3.63, 3.8) is 0 Å². The van der Waals surface area contributed by atoms with Gasteiger partial charge in [0.1, 0.15) is 11.5 Å². The third-order valence-electron chi connectivity index (χ3n) is 12.7. The monoisotopic (exact) mass is 1010 g/mol. The smallest absolute Gasteiger partial charge is 0.263 e. The van der Waals surface area contributed by atoms with Crippen LogP contribution in [0.4, 0.5) is 28.3 Å². The summed E-state index contributed by atoms with van der Waals surface area (Å²) < 4.78 is 29.7. The van der Waals surface area contributed by atoms with E-state index in [0.717, 1.165) is 79.3 Å². The molecule has 2 fully saturated rings. The van der Waals surface area contributed by atoms with Crippen molar-refractivity contribution in [2.75, 3.05) is 133 Å². The first-order valence-corrected chi connectivity index (χ1v) is 25.6. The third-order valence-corrected chi connectivity index (χ3v) is 13.7. The first kappa shape index (κ1) is 53.9. The van der Waals surface area contributed by atoms with Crippen LogP contribution in [0, 0.1) is 20.8 Å². The highest BCUT2D eigenvalue weighted by Crippen LogP contribution is 2.32. The van der Waals surface area contributed by atoms with Gasteiger partial charge in [-0.05, 0) is 82.0 Å². The number of hydrogen-bond donors (Lipinski definition) is 4. The van der Waals surface area contributed by atoms with Gasteiger partial charge in [0.15, 0.2) is 18.8 Å². The van der Waals surface area contributed by atoms with Crippen LogP contribution in [0.1, 0.15) is 75.4 Å². The number of ether oxygens (including phenoxy) is 5. The molecule has 5 heterocycles. The number of aryl methyl sites for hydroxylation is 3. The summed E-state index contributed by atoms with van der Waals surface area (Å²) in [4.78, 5) is 75.1. The van der Waals surface area contributed by atoms with Crippen LogP contribution in [0.2, 0.25) is 0 Å². The second-order valence-corrected chi connectivity index (χ2v) is 19.1. The lowest BCUT2D eigenvalue weighted by Crippen LogP contribution is -2.49. The van der Waals surface area contributed by atoms with Gasteiger partial charge in [-0.1, -0.05) is 12.8 Å². The van der Waals surface area contributed by atoms with Crippen LogP contribution in [0.15, 0.2) is 47.5 Å². The Labute approximate surface area is 425 Å². The van der Waals surface area contributed by atoms with Crippen molar-refractivity contribution < 1.29 is 38.1 Å². The third kappa shape index (κ3) is 15.3. The maximum Gasteiger partial charge on any atom is 0.263 e. The topological polar surface area (TPSA) is 226 Å². The number of fused-ring (bicyclic) bond motifs is 1. The summed E-state index contributed by atoms with van der Waals surface area (Å²) in [6.07, 6.45) is 7.30. The molecule has 22 heteroatoms. The van der Waals surface area contributed by atoms with Crippen molar-refractivity contribution in [3.05, 3.63) is 80.2 Å². The number of nitrogens with zero attached hydrogens (tertiary/aromatic N) is 7. The summed E-state index contributed by atoms with van der Waals surface area (Å²) in [5.41, 5.74) is 5.36. The molecule has 2 aliphatic rings. The first-order valence-electron chi connectivity index (χ1n) is 24.8.